The predicted octanol–water partition coefficient (Wildman–Crippen LogP) is 3.67. The monoisotopic (exact) mass is 286 g/mol. The lowest BCUT2D eigenvalue weighted by Crippen LogP contribution is -1.97. The SMILES string of the molecule is COCCc1ccc(Oc2ccc(C(=O)O)cc2C)cc1. The molecular formula is C17H18O4. The molecule has 21 heavy (non-hydrogen) atoms. The van der Waals surface area contributed by atoms with Crippen molar-refractivity contribution in [1.29, 1.82) is 0 Å². The fraction of sp³-hybridized carbons (Fsp3) is 0.235. The first kappa shape index (κ1) is 15.1. The number of rotatable bonds is 6. The van der Waals surface area contributed by atoms with Crippen molar-refractivity contribution >= 4 is 5.97 Å². The Hall–Kier alpha value is -2.33. The first-order chi connectivity index (χ1) is 10.1. The quantitative estimate of drug-likeness (QED) is 0.880. The molecule has 0 bridgehead atoms. The molecule has 0 amide bonds. The van der Waals surface area contributed by atoms with Gasteiger partial charge in [-0.05, 0) is 54.8 Å². The first-order valence-corrected chi connectivity index (χ1v) is 6.70. The topological polar surface area (TPSA) is 55.8 Å². The number of benzene rings is 2. The van der Waals surface area contributed by atoms with Crippen LogP contribution in [-0.4, -0.2) is 24.8 Å². The second-order valence-corrected chi connectivity index (χ2v) is 4.77. The molecule has 1 N–H and O–H groups in total. The van der Waals surface area contributed by atoms with Gasteiger partial charge in [0.25, 0.3) is 0 Å². The molecule has 110 valence electrons. The summed E-state index contributed by atoms with van der Waals surface area (Å²) in [5, 5.41) is 8.94. The first-order valence-electron chi connectivity index (χ1n) is 6.70. The maximum absolute atomic E-state index is 10.9. The van der Waals surface area contributed by atoms with Crippen LogP contribution in [0, 0.1) is 6.92 Å². The molecule has 0 aliphatic carbocycles. The van der Waals surface area contributed by atoms with Crippen molar-refractivity contribution in [3.8, 4) is 11.5 Å². The normalized spacial score (nSPS) is 10.4. The predicted molar refractivity (Wildman–Crippen MR) is 80.2 cm³/mol. The number of hydrogen-bond donors (Lipinski definition) is 1. The number of ether oxygens (including phenoxy) is 2. The fourth-order valence-corrected chi connectivity index (χ4v) is 1.97. The molecule has 2 rings (SSSR count). The Bertz CT molecular complexity index is 617. The maximum atomic E-state index is 10.9. The van der Waals surface area contributed by atoms with Crippen LogP contribution in [0.15, 0.2) is 42.5 Å². The van der Waals surface area contributed by atoms with E-state index >= 15 is 0 Å². The van der Waals surface area contributed by atoms with Crippen LogP contribution in [0.3, 0.4) is 0 Å². The summed E-state index contributed by atoms with van der Waals surface area (Å²) in [5.74, 6) is 0.444. The summed E-state index contributed by atoms with van der Waals surface area (Å²) in [5.41, 5.74) is 2.23. The second kappa shape index (κ2) is 6.90. The van der Waals surface area contributed by atoms with Gasteiger partial charge in [0.2, 0.25) is 0 Å². The highest BCUT2D eigenvalue weighted by Crippen LogP contribution is 2.26. The maximum Gasteiger partial charge on any atom is 0.335 e. The number of aryl methyl sites for hydroxylation is 1. The molecule has 0 unspecified atom stereocenters. The molecule has 4 heteroatoms. The van der Waals surface area contributed by atoms with Gasteiger partial charge in [0, 0.05) is 7.11 Å². The van der Waals surface area contributed by atoms with E-state index in [2.05, 4.69) is 0 Å². The van der Waals surface area contributed by atoms with Gasteiger partial charge in [-0.2, -0.15) is 0 Å². The molecule has 0 heterocycles. The Morgan fingerprint density at radius 1 is 1.14 bits per heavy atom. The van der Waals surface area contributed by atoms with Crippen LogP contribution in [-0.2, 0) is 11.2 Å². The summed E-state index contributed by atoms with van der Waals surface area (Å²) in [6.45, 7) is 2.52. The highest BCUT2D eigenvalue weighted by molar-refractivity contribution is 5.88. The smallest absolute Gasteiger partial charge is 0.335 e. The number of carbonyl (C=O) groups is 1. The fourth-order valence-electron chi connectivity index (χ4n) is 1.97. The van der Waals surface area contributed by atoms with Crippen LogP contribution in [0.2, 0.25) is 0 Å². The van der Waals surface area contributed by atoms with Gasteiger partial charge >= 0.3 is 5.97 Å². The summed E-state index contributed by atoms with van der Waals surface area (Å²) >= 11 is 0. The van der Waals surface area contributed by atoms with Crippen LogP contribution >= 0.6 is 0 Å². The van der Waals surface area contributed by atoms with E-state index in [1.165, 1.54) is 11.6 Å². The number of aromatic carboxylic acids is 1. The molecule has 4 nitrogen and oxygen atoms in total. The molecule has 0 saturated carbocycles. The molecule has 0 saturated heterocycles. The largest absolute Gasteiger partial charge is 0.478 e. The van der Waals surface area contributed by atoms with Crippen LogP contribution in [0.25, 0.3) is 0 Å². The summed E-state index contributed by atoms with van der Waals surface area (Å²) in [6, 6.07) is 12.6. The highest BCUT2D eigenvalue weighted by atomic mass is 16.5. The standard InChI is InChI=1S/C17H18O4/c1-12-11-14(17(18)19)5-8-16(12)21-15-6-3-13(4-7-15)9-10-20-2/h3-8,11H,9-10H2,1-2H3,(H,18,19). The van der Waals surface area contributed by atoms with Crippen molar-refractivity contribution in [3.63, 3.8) is 0 Å². The van der Waals surface area contributed by atoms with Crippen LogP contribution in [0.1, 0.15) is 21.5 Å². The zero-order valence-corrected chi connectivity index (χ0v) is 12.1. The lowest BCUT2D eigenvalue weighted by molar-refractivity contribution is 0.0697. The van der Waals surface area contributed by atoms with E-state index in [1.807, 2.05) is 31.2 Å². The summed E-state index contributed by atoms with van der Waals surface area (Å²) in [7, 11) is 1.68. The van der Waals surface area contributed by atoms with E-state index < -0.39 is 5.97 Å². The van der Waals surface area contributed by atoms with Crippen molar-refractivity contribution in [1.82, 2.24) is 0 Å². The van der Waals surface area contributed by atoms with Gasteiger partial charge in [-0.3, -0.25) is 0 Å². The summed E-state index contributed by atoms with van der Waals surface area (Å²) in [6.07, 6.45) is 0.864. The van der Waals surface area contributed by atoms with E-state index in [-0.39, 0.29) is 5.56 Å². The molecule has 0 aliphatic rings. The molecule has 2 aromatic rings. The Kier molecular flexibility index (Phi) is 4.95. The highest BCUT2D eigenvalue weighted by Gasteiger charge is 2.07. The number of carboxylic acid groups (broad SMARTS) is 1. The Morgan fingerprint density at radius 2 is 1.86 bits per heavy atom. The van der Waals surface area contributed by atoms with Gasteiger partial charge in [0.15, 0.2) is 0 Å². The van der Waals surface area contributed by atoms with Gasteiger partial charge in [0.05, 0.1) is 12.2 Å². The molecule has 0 fully saturated rings. The van der Waals surface area contributed by atoms with E-state index in [9.17, 15) is 4.79 Å². The second-order valence-electron chi connectivity index (χ2n) is 4.77. The third-order valence-electron chi connectivity index (χ3n) is 3.17. The van der Waals surface area contributed by atoms with Crippen LogP contribution < -0.4 is 4.74 Å². The van der Waals surface area contributed by atoms with Gasteiger partial charge in [-0.15, -0.1) is 0 Å². The summed E-state index contributed by atoms with van der Waals surface area (Å²) < 4.78 is 10.8. The minimum atomic E-state index is -0.938. The third kappa shape index (κ3) is 4.07. The minimum absolute atomic E-state index is 0.259. The van der Waals surface area contributed by atoms with Crippen molar-refractivity contribution in [2.24, 2.45) is 0 Å². The zero-order valence-electron chi connectivity index (χ0n) is 12.1. The van der Waals surface area contributed by atoms with Crippen LogP contribution in [0.4, 0.5) is 0 Å². The molecule has 0 radical (unpaired) electrons. The molecule has 0 aromatic heterocycles. The minimum Gasteiger partial charge on any atom is -0.478 e. The molecule has 0 spiro atoms. The van der Waals surface area contributed by atoms with E-state index in [0.717, 1.165) is 17.7 Å². The van der Waals surface area contributed by atoms with E-state index in [0.29, 0.717) is 12.4 Å². The van der Waals surface area contributed by atoms with E-state index in [1.54, 1.807) is 19.2 Å². The average Bonchev–Trinajstić information content (AvgIpc) is 2.48. The number of carboxylic acids is 1. The Morgan fingerprint density at radius 3 is 2.43 bits per heavy atom. The number of methoxy groups -OCH3 is 1. The molecular weight excluding hydrogens is 268 g/mol. The molecule has 0 atom stereocenters. The van der Waals surface area contributed by atoms with Gasteiger partial charge in [0.1, 0.15) is 11.5 Å². The van der Waals surface area contributed by atoms with Gasteiger partial charge < -0.3 is 14.6 Å². The third-order valence-corrected chi connectivity index (χ3v) is 3.17. The van der Waals surface area contributed by atoms with E-state index in [4.69, 9.17) is 14.6 Å². The Labute approximate surface area is 123 Å². The van der Waals surface area contributed by atoms with Gasteiger partial charge in [-0.1, -0.05) is 12.1 Å². The average molecular weight is 286 g/mol. The zero-order chi connectivity index (χ0) is 15.2. The lowest BCUT2D eigenvalue weighted by Gasteiger charge is -2.10. The lowest BCUT2D eigenvalue weighted by atomic mass is 10.1. The molecule has 0 aliphatic heterocycles. The Balaban J connectivity index is 2.09. The number of hydrogen-bond acceptors (Lipinski definition) is 3. The van der Waals surface area contributed by atoms with Gasteiger partial charge in [-0.25, -0.2) is 4.79 Å². The van der Waals surface area contributed by atoms with Crippen LogP contribution in [0.5, 0.6) is 11.5 Å². The summed E-state index contributed by atoms with van der Waals surface area (Å²) in [4.78, 5) is 10.9. The molecule has 2 aromatic carbocycles. The van der Waals surface area contributed by atoms with Crippen molar-refractivity contribution in [3.05, 3.63) is 59.2 Å². The van der Waals surface area contributed by atoms with Crippen molar-refractivity contribution in [2.75, 3.05) is 13.7 Å². The van der Waals surface area contributed by atoms with Crippen molar-refractivity contribution in [2.45, 2.75) is 13.3 Å². The van der Waals surface area contributed by atoms with Crippen molar-refractivity contribution < 1.29 is 19.4 Å².